The number of aromatic nitrogens is 2. The van der Waals surface area contributed by atoms with Crippen molar-refractivity contribution in [2.75, 3.05) is 5.73 Å². The summed E-state index contributed by atoms with van der Waals surface area (Å²) < 4.78 is 24.9. The maximum Gasteiger partial charge on any atom is 0.280 e. The Morgan fingerprint density at radius 3 is 2.36 bits per heavy atom. The number of hydrogen-bond donors (Lipinski definition) is 1. The van der Waals surface area contributed by atoms with E-state index in [1.165, 1.54) is 7.05 Å². The van der Waals surface area contributed by atoms with Crippen molar-refractivity contribution in [1.29, 1.82) is 0 Å². The van der Waals surface area contributed by atoms with Gasteiger partial charge in [-0.1, -0.05) is 0 Å². The van der Waals surface area contributed by atoms with Gasteiger partial charge in [0.05, 0.1) is 0 Å². The van der Waals surface area contributed by atoms with E-state index in [0.29, 0.717) is 0 Å². The van der Waals surface area contributed by atoms with Crippen molar-refractivity contribution in [3.63, 3.8) is 0 Å². The smallest absolute Gasteiger partial charge is 0.280 e. The molecule has 0 spiro atoms. The molecule has 0 saturated heterocycles. The van der Waals surface area contributed by atoms with Crippen LogP contribution in [0.1, 0.15) is 12.1 Å². The first kappa shape index (κ1) is 10.2. The molecule has 11 heavy (non-hydrogen) atoms. The fourth-order valence-corrected chi connectivity index (χ4v) is 0.709. The van der Waals surface area contributed by atoms with Crippen LogP contribution in [0.25, 0.3) is 0 Å². The van der Waals surface area contributed by atoms with E-state index < -0.39 is 6.43 Å². The molecule has 0 atom stereocenters. The monoisotopic (exact) mass is 183 g/mol. The number of nitrogens with two attached hydrogens (primary N) is 1. The lowest BCUT2D eigenvalue weighted by Crippen LogP contribution is -1.97. The summed E-state index contributed by atoms with van der Waals surface area (Å²) >= 11 is 0. The second-order valence-corrected chi connectivity index (χ2v) is 1.92. The third kappa shape index (κ3) is 2.04. The van der Waals surface area contributed by atoms with Gasteiger partial charge in [0.1, 0.15) is 11.5 Å². The van der Waals surface area contributed by atoms with Gasteiger partial charge in [-0.05, 0) is 0 Å². The molecule has 0 aliphatic heterocycles. The number of anilines is 1. The fraction of sp³-hybridized carbons (Fsp3) is 0.400. The molecule has 1 aromatic rings. The maximum absolute atomic E-state index is 11.9. The van der Waals surface area contributed by atoms with Crippen molar-refractivity contribution in [2.24, 2.45) is 7.05 Å². The van der Waals surface area contributed by atoms with Crippen LogP contribution < -0.4 is 5.73 Å². The van der Waals surface area contributed by atoms with E-state index in [-0.39, 0.29) is 23.9 Å². The number of aryl methyl sites for hydroxylation is 1. The lowest BCUT2D eigenvalue weighted by Gasteiger charge is -1.96. The molecular formula is C5H8ClF2N3. The molecular weight excluding hydrogens is 176 g/mol. The molecule has 3 nitrogen and oxygen atoms in total. The molecule has 0 aliphatic carbocycles. The van der Waals surface area contributed by atoms with E-state index in [9.17, 15) is 8.78 Å². The molecule has 0 aliphatic rings. The van der Waals surface area contributed by atoms with Crippen molar-refractivity contribution in [3.05, 3.63) is 11.8 Å². The number of halogens is 3. The summed E-state index contributed by atoms with van der Waals surface area (Å²) in [5.74, 6) is 0.123. The van der Waals surface area contributed by atoms with Crippen LogP contribution in [-0.2, 0) is 7.05 Å². The van der Waals surface area contributed by atoms with Crippen LogP contribution in [-0.4, -0.2) is 9.78 Å². The summed E-state index contributed by atoms with van der Waals surface area (Å²) in [5.41, 5.74) is 5.00. The molecule has 0 bridgehead atoms. The SMILES string of the molecule is Cl.Cn1nc(N)cc1C(F)F. The zero-order chi connectivity index (χ0) is 7.72. The Hall–Kier alpha value is -0.840. The van der Waals surface area contributed by atoms with Crippen molar-refractivity contribution in [2.45, 2.75) is 6.43 Å². The first-order chi connectivity index (χ1) is 4.61. The molecule has 0 amide bonds. The van der Waals surface area contributed by atoms with Gasteiger partial charge in [0, 0.05) is 13.1 Å². The number of rotatable bonds is 1. The predicted molar refractivity (Wildman–Crippen MR) is 39.8 cm³/mol. The normalized spacial score (nSPS) is 9.82. The zero-order valence-corrected chi connectivity index (χ0v) is 6.61. The quantitative estimate of drug-likeness (QED) is 0.715. The summed E-state index contributed by atoms with van der Waals surface area (Å²) in [6, 6.07) is 1.16. The van der Waals surface area contributed by atoms with E-state index in [1.54, 1.807) is 0 Å². The standard InChI is InChI=1S/C5H7F2N3.ClH/c1-10-3(5(6)7)2-4(8)9-10;/h2,5H,1H3,(H2,8,9);1H. The Morgan fingerprint density at radius 2 is 2.18 bits per heavy atom. The molecule has 0 unspecified atom stereocenters. The highest BCUT2D eigenvalue weighted by molar-refractivity contribution is 5.85. The Kier molecular flexibility index (Phi) is 3.25. The van der Waals surface area contributed by atoms with Gasteiger partial charge in [0.25, 0.3) is 6.43 Å². The second-order valence-electron chi connectivity index (χ2n) is 1.92. The third-order valence-electron chi connectivity index (χ3n) is 1.16. The second kappa shape index (κ2) is 3.52. The number of nitrogens with zero attached hydrogens (tertiary/aromatic N) is 2. The van der Waals surface area contributed by atoms with Crippen LogP contribution in [0, 0.1) is 0 Å². The fourth-order valence-electron chi connectivity index (χ4n) is 0.709. The van der Waals surface area contributed by atoms with Gasteiger partial charge in [0.15, 0.2) is 0 Å². The lowest BCUT2D eigenvalue weighted by molar-refractivity contribution is 0.141. The highest BCUT2D eigenvalue weighted by Gasteiger charge is 2.12. The molecule has 6 heteroatoms. The Balaban J connectivity index is 0.000001000. The summed E-state index contributed by atoms with van der Waals surface area (Å²) in [7, 11) is 1.43. The molecule has 0 saturated carbocycles. The minimum Gasteiger partial charge on any atom is -0.382 e. The van der Waals surface area contributed by atoms with Crippen LogP contribution in [0.3, 0.4) is 0 Å². The minimum absolute atomic E-state index is 0. The third-order valence-corrected chi connectivity index (χ3v) is 1.16. The van der Waals surface area contributed by atoms with Gasteiger partial charge in [-0.2, -0.15) is 5.10 Å². The van der Waals surface area contributed by atoms with Crippen LogP contribution >= 0.6 is 12.4 Å². The summed E-state index contributed by atoms with van der Waals surface area (Å²) in [6.07, 6.45) is -2.50. The largest absolute Gasteiger partial charge is 0.382 e. The molecule has 1 heterocycles. The summed E-state index contributed by atoms with van der Waals surface area (Å²) in [6.45, 7) is 0. The van der Waals surface area contributed by atoms with Crippen LogP contribution in [0.4, 0.5) is 14.6 Å². The highest BCUT2D eigenvalue weighted by atomic mass is 35.5. The molecule has 1 rings (SSSR count). The molecule has 2 N–H and O–H groups in total. The van der Waals surface area contributed by atoms with Crippen molar-refractivity contribution < 1.29 is 8.78 Å². The average molecular weight is 184 g/mol. The van der Waals surface area contributed by atoms with E-state index in [4.69, 9.17) is 5.73 Å². The van der Waals surface area contributed by atoms with Crippen molar-refractivity contribution >= 4 is 18.2 Å². The predicted octanol–water partition coefficient (Wildman–Crippen LogP) is 1.36. The van der Waals surface area contributed by atoms with Gasteiger partial charge in [-0.25, -0.2) is 8.78 Å². The molecule has 0 radical (unpaired) electrons. The number of alkyl halides is 2. The van der Waals surface area contributed by atoms with E-state index in [2.05, 4.69) is 5.10 Å². The van der Waals surface area contributed by atoms with E-state index in [0.717, 1.165) is 10.7 Å². The van der Waals surface area contributed by atoms with Gasteiger partial charge in [-0.3, -0.25) is 4.68 Å². The maximum atomic E-state index is 11.9. The number of hydrogen-bond acceptors (Lipinski definition) is 2. The van der Waals surface area contributed by atoms with Gasteiger partial charge in [0.2, 0.25) is 0 Å². The molecule has 64 valence electrons. The average Bonchev–Trinajstić information content (AvgIpc) is 2.10. The minimum atomic E-state index is -2.50. The zero-order valence-electron chi connectivity index (χ0n) is 5.79. The topological polar surface area (TPSA) is 43.8 Å². The Morgan fingerprint density at radius 1 is 1.64 bits per heavy atom. The summed E-state index contributed by atoms with van der Waals surface area (Å²) in [5, 5.41) is 3.55. The first-order valence-electron chi connectivity index (χ1n) is 2.69. The summed E-state index contributed by atoms with van der Waals surface area (Å²) in [4.78, 5) is 0. The Bertz CT molecular complexity index is 236. The van der Waals surface area contributed by atoms with Crippen LogP contribution in [0.5, 0.6) is 0 Å². The number of nitrogen functional groups attached to an aromatic ring is 1. The van der Waals surface area contributed by atoms with Crippen LogP contribution in [0.2, 0.25) is 0 Å². The van der Waals surface area contributed by atoms with Gasteiger partial charge < -0.3 is 5.73 Å². The molecule has 0 aromatic carbocycles. The highest BCUT2D eigenvalue weighted by Crippen LogP contribution is 2.18. The van der Waals surface area contributed by atoms with Crippen LogP contribution in [0.15, 0.2) is 6.07 Å². The first-order valence-corrected chi connectivity index (χ1v) is 2.69. The molecule has 0 fully saturated rings. The lowest BCUT2D eigenvalue weighted by atomic mass is 10.4. The molecule has 1 aromatic heterocycles. The van der Waals surface area contributed by atoms with E-state index >= 15 is 0 Å². The Labute approximate surface area is 68.6 Å². The van der Waals surface area contributed by atoms with Gasteiger partial charge >= 0.3 is 0 Å². The van der Waals surface area contributed by atoms with Crippen molar-refractivity contribution in [3.8, 4) is 0 Å². The van der Waals surface area contributed by atoms with E-state index in [1.807, 2.05) is 0 Å². The van der Waals surface area contributed by atoms with Gasteiger partial charge in [-0.15, -0.1) is 12.4 Å². The van der Waals surface area contributed by atoms with Crippen molar-refractivity contribution in [1.82, 2.24) is 9.78 Å².